The molecule has 5 nitrogen and oxygen atoms in total. The molecule has 0 saturated heterocycles. The lowest BCUT2D eigenvalue weighted by atomic mass is 10.1. The molecule has 0 radical (unpaired) electrons. The number of anilines is 1. The fourth-order valence-electron chi connectivity index (χ4n) is 3.10. The third-order valence-corrected chi connectivity index (χ3v) is 8.02. The Hall–Kier alpha value is -2.22. The molecule has 1 amide bonds. The van der Waals surface area contributed by atoms with Crippen LogP contribution >= 0.6 is 11.3 Å². The van der Waals surface area contributed by atoms with Crippen molar-refractivity contribution in [2.45, 2.75) is 32.6 Å². The Labute approximate surface area is 170 Å². The largest absolute Gasteiger partial charge is 0.321 e. The number of hydrogen-bond acceptors (Lipinski definition) is 4. The first-order valence-electron chi connectivity index (χ1n) is 9.19. The molecule has 0 aliphatic carbocycles. The van der Waals surface area contributed by atoms with Crippen molar-refractivity contribution >= 4 is 43.0 Å². The molecule has 0 fully saturated rings. The summed E-state index contributed by atoms with van der Waals surface area (Å²) in [5, 5.41) is 3.92. The van der Waals surface area contributed by atoms with E-state index in [9.17, 15) is 13.2 Å². The summed E-state index contributed by atoms with van der Waals surface area (Å²) in [6, 6.07) is 12.9. The number of aryl methyl sites for hydroxylation is 1. The van der Waals surface area contributed by atoms with Crippen molar-refractivity contribution in [1.82, 2.24) is 4.31 Å². The first-order chi connectivity index (χ1) is 13.3. The van der Waals surface area contributed by atoms with Gasteiger partial charge in [-0.3, -0.25) is 4.79 Å². The summed E-state index contributed by atoms with van der Waals surface area (Å²) in [7, 11) is -3.60. The Morgan fingerprint density at radius 1 is 1.07 bits per heavy atom. The average Bonchev–Trinajstić information content (AvgIpc) is 3.10. The number of nitrogens with one attached hydrogen (secondary N) is 1. The lowest BCUT2D eigenvalue weighted by molar-refractivity contribution is 0.103. The molecule has 0 unspecified atom stereocenters. The van der Waals surface area contributed by atoms with Gasteiger partial charge >= 0.3 is 0 Å². The van der Waals surface area contributed by atoms with Crippen molar-refractivity contribution in [3.63, 3.8) is 0 Å². The lowest BCUT2D eigenvalue weighted by Crippen LogP contribution is -2.30. The van der Waals surface area contributed by atoms with Gasteiger partial charge in [-0.1, -0.05) is 32.0 Å². The summed E-state index contributed by atoms with van der Waals surface area (Å²) < 4.78 is 28.2. The Kier molecular flexibility index (Phi) is 5.88. The van der Waals surface area contributed by atoms with E-state index < -0.39 is 10.0 Å². The van der Waals surface area contributed by atoms with E-state index in [1.54, 1.807) is 12.1 Å². The second-order valence-electron chi connectivity index (χ2n) is 6.60. The molecule has 0 atom stereocenters. The van der Waals surface area contributed by atoms with Gasteiger partial charge in [-0.25, -0.2) is 8.42 Å². The predicted molar refractivity (Wildman–Crippen MR) is 116 cm³/mol. The number of hydrogen-bond donors (Lipinski definition) is 1. The van der Waals surface area contributed by atoms with Crippen LogP contribution in [0.5, 0.6) is 0 Å². The molecule has 3 aromatic rings. The molecule has 0 aliphatic heterocycles. The average molecular weight is 417 g/mol. The van der Waals surface area contributed by atoms with Gasteiger partial charge in [0.05, 0.1) is 9.77 Å². The maximum atomic E-state index is 12.9. The number of carbonyl (C=O) groups excluding carboxylic acids is 1. The minimum Gasteiger partial charge on any atom is -0.321 e. The molecule has 3 rings (SSSR count). The third-order valence-electron chi connectivity index (χ3n) is 4.88. The summed E-state index contributed by atoms with van der Waals surface area (Å²) in [6.45, 7) is 8.15. The van der Waals surface area contributed by atoms with Crippen molar-refractivity contribution in [2.24, 2.45) is 0 Å². The molecule has 28 heavy (non-hydrogen) atoms. The smallest absolute Gasteiger partial charge is 0.265 e. The van der Waals surface area contributed by atoms with Crippen LogP contribution in [0.3, 0.4) is 0 Å². The number of rotatable bonds is 6. The zero-order chi connectivity index (χ0) is 20.5. The molecule has 0 spiro atoms. The maximum absolute atomic E-state index is 12.9. The van der Waals surface area contributed by atoms with Crippen LogP contribution in [-0.2, 0) is 10.0 Å². The highest BCUT2D eigenvalue weighted by Crippen LogP contribution is 2.29. The summed E-state index contributed by atoms with van der Waals surface area (Å²) in [6.07, 6.45) is 0. The second-order valence-corrected chi connectivity index (χ2v) is 9.63. The van der Waals surface area contributed by atoms with Crippen LogP contribution in [-0.4, -0.2) is 31.7 Å². The van der Waals surface area contributed by atoms with Crippen molar-refractivity contribution in [3.05, 3.63) is 58.5 Å². The molecular weight excluding hydrogens is 392 g/mol. The van der Waals surface area contributed by atoms with E-state index in [-0.39, 0.29) is 10.8 Å². The van der Waals surface area contributed by atoms with Gasteiger partial charge < -0.3 is 5.32 Å². The molecule has 1 aromatic heterocycles. The van der Waals surface area contributed by atoms with Crippen molar-refractivity contribution < 1.29 is 13.2 Å². The first-order valence-corrected chi connectivity index (χ1v) is 11.4. The Morgan fingerprint density at radius 3 is 2.39 bits per heavy atom. The molecule has 148 valence electrons. The van der Waals surface area contributed by atoms with E-state index in [2.05, 4.69) is 5.32 Å². The van der Waals surface area contributed by atoms with Crippen LogP contribution in [0.4, 0.5) is 5.69 Å². The molecule has 2 aromatic carbocycles. The Bertz CT molecular complexity index is 1100. The number of sulfonamides is 1. The van der Waals surface area contributed by atoms with Crippen LogP contribution in [0.15, 0.2) is 47.4 Å². The van der Waals surface area contributed by atoms with Crippen LogP contribution < -0.4 is 5.32 Å². The minimum atomic E-state index is -3.60. The quantitative estimate of drug-likeness (QED) is 0.628. The Balaban J connectivity index is 1.97. The molecule has 0 aliphatic rings. The number of benzene rings is 2. The van der Waals surface area contributed by atoms with E-state index in [0.717, 1.165) is 21.2 Å². The fourth-order valence-corrected chi connectivity index (χ4v) is 5.62. The van der Waals surface area contributed by atoms with Gasteiger partial charge in [0.1, 0.15) is 0 Å². The van der Waals surface area contributed by atoms with Crippen LogP contribution in [0.25, 0.3) is 10.1 Å². The normalized spacial score (nSPS) is 11.9. The molecule has 1 N–H and O–H groups in total. The molecule has 7 heteroatoms. The second kappa shape index (κ2) is 8.03. The van der Waals surface area contributed by atoms with Gasteiger partial charge in [-0.05, 0) is 54.6 Å². The van der Waals surface area contributed by atoms with Crippen molar-refractivity contribution in [2.75, 3.05) is 18.4 Å². The summed E-state index contributed by atoms with van der Waals surface area (Å²) in [5.41, 5.74) is 2.20. The monoisotopic (exact) mass is 416 g/mol. The number of amides is 1. The minimum absolute atomic E-state index is 0.200. The highest BCUT2D eigenvalue weighted by molar-refractivity contribution is 7.89. The van der Waals surface area contributed by atoms with E-state index >= 15 is 0 Å². The molecular formula is C21H24N2O3S2. The lowest BCUT2D eigenvalue weighted by Gasteiger charge is -2.20. The number of fused-ring (bicyclic) bond motifs is 1. The van der Waals surface area contributed by atoms with Crippen LogP contribution in [0, 0.1) is 13.8 Å². The summed E-state index contributed by atoms with van der Waals surface area (Å²) in [5.74, 6) is -0.235. The standard InChI is InChI=1S/C21H24N2O3S2/c1-5-23(6-2)28(25,26)17-11-14(3)15(4)18(13-17)22-21(24)20-12-16-9-7-8-10-19(16)27-20/h7-13H,5-6H2,1-4H3,(H,22,24). The predicted octanol–water partition coefficient (Wildman–Crippen LogP) is 4.80. The van der Waals surface area contributed by atoms with Gasteiger partial charge in [-0.2, -0.15) is 4.31 Å². The van der Waals surface area contributed by atoms with Crippen LogP contribution in [0.2, 0.25) is 0 Å². The van der Waals surface area contributed by atoms with Gasteiger partial charge in [-0.15, -0.1) is 11.3 Å². The van der Waals surface area contributed by atoms with Gasteiger partial charge in [0.25, 0.3) is 5.91 Å². The van der Waals surface area contributed by atoms with Crippen LogP contribution in [0.1, 0.15) is 34.6 Å². The first kappa shape index (κ1) is 20.5. The van der Waals surface area contributed by atoms with Gasteiger partial charge in [0.15, 0.2) is 0 Å². The van der Waals surface area contributed by atoms with E-state index in [1.165, 1.54) is 15.6 Å². The molecule has 1 heterocycles. The van der Waals surface area contributed by atoms with E-state index in [4.69, 9.17) is 0 Å². The zero-order valence-corrected chi connectivity index (χ0v) is 18.1. The third kappa shape index (κ3) is 3.83. The summed E-state index contributed by atoms with van der Waals surface area (Å²) >= 11 is 1.42. The maximum Gasteiger partial charge on any atom is 0.265 e. The highest BCUT2D eigenvalue weighted by Gasteiger charge is 2.24. The van der Waals surface area contributed by atoms with E-state index in [1.807, 2.05) is 58.0 Å². The summed E-state index contributed by atoms with van der Waals surface area (Å²) in [4.78, 5) is 13.6. The number of nitrogens with zero attached hydrogens (tertiary/aromatic N) is 1. The fraction of sp³-hybridized carbons (Fsp3) is 0.286. The molecule has 0 saturated carbocycles. The number of thiophene rings is 1. The highest BCUT2D eigenvalue weighted by atomic mass is 32.2. The van der Waals surface area contributed by atoms with Crippen molar-refractivity contribution in [3.8, 4) is 0 Å². The van der Waals surface area contributed by atoms with Gasteiger partial charge in [0.2, 0.25) is 10.0 Å². The topological polar surface area (TPSA) is 66.5 Å². The van der Waals surface area contributed by atoms with E-state index in [0.29, 0.717) is 23.7 Å². The SMILES string of the molecule is CCN(CC)S(=O)(=O)c1cc(C)c(C)c(NC(=O)c2cc3ccccc3s2)c1. The number of carbonyl (C=O) groups is 1. The molecule has 0 bridgehead atoms. The Morgan fingerprint density at radius 2 is 1.75 bits per heavy atom. The van der Waals surface area contributed by atoms with Crippen molar-refractivity contribution in [1.29, 1.82) is 0 Å². The van der Waals surface area contributed by atoms with Gasteiger partial charge in [0, 0.05) is 23.5 Å². The zero-order valence-electron chi connectivity index (χ0n) is 16.4.